The fourth-order valence-electron chi connectivity index (χ4n) is 3.37. The van der Waals surface area contributed by atoms with Crippen molar-refractivity contribution in [3.8, 4) is 6.07 Å². The molecule has 0 unspecified atom stereocenters. The maximum Gasteiger partial charge on any atom is 0.251 e. The summed E-state index contributed by atoms with van der Waals surface area (Å²) >= 11 is 6.17. The molecule has 0 saturated carbocycles. The lowest BCUT2D eigenvalue weighted by Crippen LogP contribution is -2.33. The molecule has 2 aromatic carbocycles. The number of nitrogens with zero attached hydrogens (tertiary/aromatic N) is 2. The molecular weight excluding hydrogens is 362 g/mol. The van der Waals surface area contributed by atoms with Crippen LogP contribution in [0, 0.1) is 11.3 Å². The zero-order valence-electron chi connectivity index (χ0n) is 15.4. The van der Waals surface area contributed by atoms with Gasteiger partial charge >= 0.3 is 0 Å². The van der Waals surface area contributed by atoms with Gasteiger partial charge in [-0.25, -0.2) is 0 Å². The van der Waals surface area contributed by atoms with E-state index in [-0.39, 0.29) is 18.1 Å². The Morgan fingerprint density at radius 1 is 1.33 bits per heavy atom. The molecule has 1 aliphatic heterocycles. The fourth-order valence-corrected chi connectivity index (χ4v) is 3.59. The van der Waals surface area contributed by atoms with Crippen molar-refractivity contribution in [3.63, 3.8) is 0 Å². The highest BCUT2D eigenvalue weighted by Crippen LogP contribution is 2.31. The number of ether oxygens (including phenoxy) is 1. The quantitative estimate of drug-likeness (QED) is 0.853. The van der Waals surface area contributed by atoms with Gasteiger partial charge in [0.15, 0.2) is 0 Å². The summed E-state index contributed by atoms with van der Waals surface area (Å²) in [6, 6.07) is 15.3. The number of rotatable bonds is 5. The van der Waals surface area contributed by atoms with Crippen LogP contribution in [0.5, 0.6) is 0 Å². The Balaban J connectivity index is 1.60. The first kappa shape index (κ1) is 19.2. The second kappa shape index (κ2) is 8.43. The number of anilines is 1. The Kier molecular flexibility index (Phi) is 6.00. The van der Waals surface area contributed by atoms with Crippen LogP contribution in [0.15, 0.2) is 42.5 Å². The van der Waals surface area contributed by atoms with Crippen molar-refractivity contribution >= 4 is 23.2 Å². The summed E-state index contributed by atoms with van der Waals surface area (Å²) in [6.45, 7) is 3.52. The van der Waals surface area contributed by atoms with Gasteiger partial charge in [-0.1, -0.05) is 23.7 Å². The zero-order chi connectivity index (χ0) is 19.4. The standard InChI is InChI=1S/C21H22ClN3O2/c1-14-20(27-13-15-3-5-16(6-4-15)21(26)24-2)9-10-25(14)18-8-7-17(12-23)19(22)11-18/h3-8,11,14,20H,9-10,13H2,1-2H3,(H,24,26)/t14-,20-/m0/s1. The van der Waals surface area contributed by atoms with E-state index in [9.17, 15) is 4.79 Å². The second-order valence-electron chi connectivity index (χ2n) is 6.62. The lowest BCUT2D eigenvalue weighted by Gasteiger charge is -2.27. The van der Waals surface area contributed by atoms with Crippen LogP contribution < -0.4 is 10.2 Å². The third kappa shape index (κ3) is 4.24. The molecule has 0 spiro atoms. The van der Waals surface area contributed by atoms with Crippen molar-refractivity contribution in [2.24, 2.45) is 0 Å². The predicted molar refractivity (Wildman–Crippen MR) is 106 cm³/mol. The molecule has 1 fully saturated rings. The molecule has 1 saturated heterocycles. The van der Waals surface area contributed by atoms with Gasteiger partial charge in [-0.3, -0.25) is 4.79 Å². The molecule has 6 heteroatoms. The van der Waals surface area contributed by atoms with Gasteiger partial charge in [0.1, 0.15) is 6.07 Å². The Bertz CT molecular complexity index is 861. The van der Waals surface area contributed by atoms with Crippen LogP contribution >= 0.6 is 11.6 Å². The molecule has 2 atom stereocenters. The van der Waals surface area contributed by atoms with E-state index in [4.69, 9.17) is 21.6 Å². The van der Waals surface area contributed by atoms with Gasteiger partial charge in [-0.05, 0) is 49.2 Å². The van der Waals surface area contributed by atoms with Crippen LogP contribution in [0.3, 0.4) is 0 Å². The number of carbonyl (C=O) groups is 1. The topological polar surface area (TPSA) is 65.4 Å². The monoisotopic (exact) mass is 383 g/mol. The van der Waals surface area contributed by atoms with E-state index in [1.807, 2.05) is 24.3 Å². The first-order valence-electron chi connectivity index (χ1n) is 8.92. The van der Waals surface area contributed by atoms with Crippen LogP contribution in [0.25, 0.3) is 0 Å². The predicted octanol–water partition coefficient (Wildman–Crippen LogP) is 3.76. The summed E-state index contributed by atoms with van der Waals surface area (Å²) in [5, 5.41) is 12.1. The molecule has 1 amide bonds. The van der Waals surface area contributed by atoms with E-state index in [2.05, 4.69) is 23.2 Å². The molecular formula is C21H22ClN3O2. The minimum atomic E-state index is -0.0939. The van der Waals surface area contributed by atoms with Crippen LogP contribution in [0.2, 0.25) is 5.02 Å². The Labute approximate surface area is 164 Å². The first-order chi connectivity index (χ1) is 13.0. The molecule has 1 aliphatic rings. The Hall–Kier alpha value is -2.55. The molecule has 1 N–H and O–H groups in total. The maximum absolute atomic E-state index is 11.6. The highest BCUT2D eigenvalue weighted by atomic mass is 35.5. The van der Waals surface area contributed by atoms with Gasteiger partial charge in [0.05, 0.1) is 29.3 Å². The van der Waals surface area contributed by atoms with Crippen molar-refractivity contribution in [1.29, 1.82) is 5.26 Å². The van der Waals surface area contributed by atoms with Crippen LogP contribution in [0.1, 0.15) is 34.8 Å². The van der Waals surface area contributed by atoms with Gasteiger partial charge in [-0.15, -0.1) is 0 Å². The average Bonchev–Trinajstić information content (AvgIpc) is 3.06. The lowest BCUT2D eigenvalue weighted by atomic mass is 10.1. The van der Waals surface area contributed by atoms with E-state index in [0.717, 1.165) is 24.2 Å². The normalized spacial score (nSPS) is 19.0. The third-order valence-electron chi connectivity index (χ3n) is 5.00. The molecule has 1 heterocycles. The molecule has 3 rings (SSSR count). The molecule has 0 radical (unpaired) electrons. The highest BCUT2D eigenvalue weighted by Gasteiger charge is 2.31. The summed E-state index contributed by atoms with van der Waals surface area (Å²) in [6.07, 6.45) is 1.03. The number of nitrogens with one attached hydrogen (secondary N) is 1. The van der Waals surface area contributed by atoms with E-state index in [0.29, 0.717) is 22.8 Å². The number of nitriles is 1. The van der Waals surface area contributed by atoms with E-state index in [1.54, 1.807) is 25.2 Å². The van der Waals surface area contributed by atoms with E-state index < -0.39 is 0 Å². The largest absolute Gasteiger partial charge is 0.371 e. The average molecular weight is 384 g/mol. The number of hydrogen-bond donors (Lipinski definition) is 1. The number of hydrogen-bond acceptors (Lipinski definition) is 4. The minimum absolute atomic E-state index is 0.0939. The number of halogens is 1. The fraction of sp³-hybridized carbons (Fsp3) is 0.333. The van der Waals surface area contributed by atoms with Crippen LogP contribution in [-0.4, -0.2) is 31.6 Å². The van der Waals surface area contributed by atoms with E-state index >= 15 is 0 Å². The summed E-state index contributed by atoms with van der Waals surface area (Å²) in [4.78, 5) is 13.9. The van der Waals surface area contributed by atoms with Gasteiger partial charge in [0.2, 0.25) is 0 Å². The van der Waals surface area contributed by atoms with Crippen molar-refractivity contribution in [2.75, 3.05) is 18.5 Å². The molecule has 2 aromatic rings. The smallest absolute Gasteiger partial charge is 0.251 e. The Morgan fingerprint density at radius 3 is 2.70 bits per heavy atom. The molecule has 5 nitrogen and oxygen atoms in total. The van der Waals surface area contributed by atoms with Crippen molar-refractivity contribution < 1.29 is 9.53 Å². The second-order valence-corrected chi connectivity index (χ2v) is 7.03. The van der Waals surface area contributed by atoms with Gasteiger partial charge in [0.25, 0.3) is 5.91 Å². The highest BCUT2D eigenvalue weighted by molar-refractivity contribution is 6.32. The van der Waals surface area contributed by atoms with Crippen molar-refractivity contribution in [2.45, 2.75) is 32.1 Å². The van der Waals surface area contributed by atoms with Crippen LogP contribution in [0.4, 0.5) is 5.69 Å². The number of carbonyl (C=O) groups excluding carboxylic acids is 1. The number of amides is 1. The van der Waals surface area contributed by atoms with Gasteiger partial charge in [0, 0.05) is 24.8 Å². The van der Waals surface area contributed by atoms with Gasteiger partial charge in [-0.2, -0.15) is 5.26 Å². The number of benzene rings is 2. The van der Waals surface area contributed by atoms with Crippen LogP contribution in [-0.2, 0) is 11.3 Å². The summed E-state index contributed by atoms with van der Waals surface area (Å²) in [5.41, 5.74) is 3.17. The van der Waals surface area contributed by atoms with E-state index in [1.165, 1.54) is 0 Å². The lowest BCUT2D eigenvalue weighted by molar-refractivity contribution is 0.0387. The maximum atomic E-state index is 11.6. The molecule has 140 valence electrons. The molecule has 27 heavy (non-hydrogen) atoms. The summed E-state index contributed by atoms with van der Waals surface area (Å²) < 4.78 is 6.13. The molecule has 0 aliphatic carbocycles. The van der Waals surface area contributed by atoms with Gasteiger partial charge < -0.3 is 15.0 Å². The molecule has 0 bridgehead atoms. The molecule has 0 aromatic heterocycles. The summed E-state index contributed by atoms with van der Waals surface area (Å²) in [7, 11) is 1.62. The third-order valence-corrected chi connectivity index (χ3v) is 5.31. The Morgan fingerprint density at radius 2 is 2.07 bits per heavy atom. The SMILES string of the molecule is CNC(=O)c1ccc(CO[C@H]2CCN(c3ccc(C#N)c(Cl)c3)[C@H]2C)cc1. The first-order valence-corrected chi connectivity index (χ1v) is 9.30. The van der Waals surface area contributed by atoms with Crippen molar-refractivity contribution in [1.82, 2.24) is 5.32 Å². The minimum Gasteiger partial charge on any atom is -0.371 e. The summed E-state index contributed by atoms with van der Waals surface area (Å²) in [5.74, 6) is -0.0939. The zero-order valence-corrected chi connectivity index (χ0v) is 16.2. The van der Waals surface area contributed by atoms with Crippen molar-refractivity contribution in [3.05, 3.63) is 64.2 Å².